The van der Waals surface area contributed by atoms with Crippen molar-refractivity contribution in [1.29, 1.82) is 0 Å². The van der Waals surface area contributed by atoms with Crippen molar-refractivity contribution in [2.45, 2.75) is 26.2 Å². The highest BCUT2D eigenvalue weighted by atomic mass is 32.1. The van der Waals surface area contributed by atoms with E-state index in [-0.39, 0.29) is 12.3 Å². The Kier molecular flexibility index (Phi) is 2.83. The smallest absolute Gasteiger partial charge is 0.158 e. The number of nitrogens with zero attached hydrogens (tertiary/aromatic N) is 1. The number of thiazole rings is 1. The van der Waals surface area contributed by atoms with E-state index in [1.54, 1.807) is 0 Å². The van der Waals surface area contributed by atoms with Gasteiger partial charge in [-0.3, -0.25) is 4.79 Å². The van der Waals surface area contributed by atoms with Gasteiger partial charge in [0.15, 0.2) is 5.78 Å². The predicted octanol–water partition coefficient (Wildman–Crippen LogP) is 1.26. The number of aromatic nitrogens is 1. The molecule has 0 atom stereocenters. The van der Waals surface area contributed by atoms with Crippen LogP contribution in [-0.2, 0) is 10.2 Å². The van der Waals surface area contributed by atoms with Crippen LogP contribution in [0.3, 0.4) is 0 Å². The fraction of sp³-hybridized carbons (Fsp3) is 0.556. The largest absolute Gasteiger partial charge is 0.324 e. The topological polar surface area (TPSA) is 56.0 Å². The zero-order valence-electron chi connectivity index (χ0n) is 8.13. The first-order chi connectivity index (χ1) is 5.98. The van der Waals surface area contributed by atoms with Crippen LogP contribution in [0.2, 0.25) is 0 Å². The molecule has 0 aliphatic rings. The Balaban J connectivity index is 2.99. The maximum atomic E-state index is 11.5. The Bertz CT molecular complexity index is 317. The van der Waals surface area contributed by atoms with E-state index in [2.05, 4.69) is 4.98 Å². The number of hydrogen-bond acceptors (Lipinski definition) is 4. The van der Waals surface area contributed by atoms with Gasteiger partial charge in [-0.25, -0.2) is 4.98 Å². The van der Waals surface area contributed by atoms with Crippen molar-refractivity contribution in [2.75, 3.05) is 6.54 Å². The minimum Gasteiger partial charge on any atom is -0.324 e. The molecule has 1 aromatic rings. The second-order valence-electron chi connectivity index (χ2n) is 3.55. The molecule has 72 valence electrons. The number of hydrogen-bond donors (Lipinski definition) is 1. The van der Waals surface area contributed by atoms with Gasteiger partial charge < -0.3 is 5.73 Å². The lowest BCUT2D eigenvalue weighted by Crippen LogP contribution is -2.34. The molecule has 13 heavy (non-hydrogen) atoms. The molecule has 0 bridgehead atoms. The van der Waals surface area contributed by atoms with Gasteiger partial charge in [-0.05, 0) is 20.8 Å². The Morgan fingerprint density at radius 3 is 2.69 bits per heavy atom. The Morgan fingerprint density at radius 1 is 1.69 bits per heavy atom. The molecular formula is C9H14N2OS. The summed E-state index contributed by atoms with van der Waals surface area (Å²) in [5, 5.41) is 2.79. The number of nitrogens with two attached hydrogens (primary N) is 1. The number of rotatable bonds is 3. The SMILES string of the molecule is Cc1csc(C(C)(C)C(=O)CN)n1. The molecule has 2 N–H and O–H groups in total. The predicted molar refractivity (Wildman–Crippen MR) is 53.9 cm³/mol. The Hall–Kier alpha value is -0.740. The molecule has 4 heteroatoms. The van der Waals surface area contributed by atoms with Crippen molar-refractivity contribution in [2.24, 2.45) is 5.73 Å². The van der Waals surface area contributed by atoms with Crippen LogP contribution in [0.1, 0.15) is 24.5 Å². The molecule has 1 heterocycles. The average Bonchev–Trinajstić information content (AvgIpc) is 2.50. The lowest BCUT2D eigenvalue weighted by molar-refractivity contribution is -0.122. The molecule has 0 radical (unpaired) electrons. The minimum absolute atomic E-state index is 0.0295. The van der Waals surface area contributed by atoms with Gasteiger partial charge in [-0.1, -0.05) is 0 Å². The first-order valence-electron chi connectivity index (χ1n) is 4.14. The molecule has 1 rings (SSSR count). The first kappa shape index (κ1) is 10.3. The van der Waals surface area contributed by atoms with E-state index in [9.17, 15) is 4.79 Å². The molecule has 0 aliphatic heterocycles. The summed E-state index contributed by atoms with van der Waals surface area (Å²) in [6.45, 7) is 5.72. The molecule has 0 fully saturated rings. The summed E-state index contributed by atoms with van der Waals surface area (Å²) in [5.41, 5.74) is 5.75. The third-order valence-corrected chi connectivity index (χ3v) is 3.32. The molecule has 0 unspecified atom stereocenters. The molecule has 0 aromatic carbocycles. The van der Waals surface area contributed by atoms with Crippen LogP contribution >= 0.6 is 11.3 Å². The van der Waals surface area contributed by atoms with Crippen molar-refractivity contribution in [3.63, 3.8) is 0 Å². The van der Waals surface area contributed by atoms with Gasteiger partial charge in [0.1, 0.15) is 5.01 Å². The third-order valence-electron chi connectivity index (χ3n) is 2.04. The van der Waals surface area contributed by atoms with E-state index in [4.69, 9.17) is 5.73 Å². The lowest BCUT2D eigenvalue weighted by atomic mass is 9.89. The molecule has 3 nitrogen and oxygen atoms in total. The Labute approximate surface area is 82.0 Å². The van der Waals surface area contributed by atoms with E-state index in [0.717, 1.165) is 10.7 Å². The van der Waals surface area contributed by atoms with Crippen molar-refractivity contribution in [1.82, 2.24) is 4.98 Å². The first-order valence-corrected chi connectivity index (χ1v) is 5.02. The van der Waals surface area contributed by atoms with E-state index < -0.39 is 5.41 Å². The fourth-order valence-electron chi connectivity index (χ4n) is 1.02. The highest BCUT2D eigenvalue weighted by Gasteiger charge is 2.31. The number of carbonyl (C=O) groups excluding carboxylic acids is 1. The summed E-state index contributed by atoms with van der Waals surface area (Å²) >= 11 is 1.51. The summed E-state index contributed by atoms with van der Waals surface area (Å²) in [6.07, 6.45) is 0. The number of aryl methyl sites for hydroxylation is 1. The normalized spacial score (nSPS) is 11.7. The average molecular weight is 198 g/mol. The molecule has 0 aliphatic carbocycles. The summed E-state index contributed by atoms with van der Waals surface area (Å²) < 4.78 is 0. The zero-order valence-corrected chi connectivity index (χ0v) is 8.94. The van der Waals surface area contributed by atoms with Crippen LogP contribution in [0.25, 0.3) is 0 Å². The maximum Gasteiger partial charge on any atom is 0.158 e. The van der Waals surface area contributed by atoms with Gasteiger partial charge in [0.05, 0.1) is 12.0 Å². The van der Waals surface area contributed by atoms with Crippen LogP contribution < -0.4 is 5.73 Å². The molecule has 0 amide bonds. The highest BCUT2D eigenvalue weighted by Crippen LogP contribution is 2.26. The van der Waals surface area contributed by atoms with Crippen LogP contribution in [0, 0.1) is 6.92 Å². The van der Waals surface area contributed by atoms with E-state index in [1.807, 2.05) is 26.2 Å². The maximum absolute atomic E-state index is 11.5. The summed E-state index contributed by atoms with van der Waals surface area (Å²) in [4.78, 5) is 15.8. The lowest BCUT2D eigenvalue weighted by Gasteiger charge is -2.18. The van der Waals surface area contributed by atoms with Gasteiger partial charge in [-0.15, -0.1) is 11.3 Å². The molecule has 1 aromatic heterocycles. The molecule has 0 spiro atoms. The van der Waals surface area contributed by atoms with Crippen molar-refractivity contribution >= 4 is 17.1 Å². The monoisotopic (exact) mass is 198 g/mol. The van der Waals surface area contributed by atoms with Gasteiger partial charge >= 0.3 is 0 Å². The van der Waals surface area contributed by atoms with E-state index >= 15 is 0 Å². The van der Waals surface area contributed by atoms with Crippen LogP contribution in [0.5, 0.6) is 0 Å². The quantitative estimate of drug-likeness (QED) is 0.795. The number of carbonyl (C=O) groups is 1. The van der Waals surface area contributed by atoms with Gasteiger partial charge in [0.2, 0.25) is 0 Å². The van der Waals surface area contributed by atoms with Crippen LogP contribution in [-0.4, -0.2) is 17.3 Å². The van der Waals surface area contributed by atoms with Crippen molar-refractivity contribution in [3.05, 3.63) is 16.1 Å². The summed E-state index contributed by atoms with van der Waals surface area (Å²) in [7, 11) is 0. The van der Waals surface area contributed by atoms with Gasteiger partial charge in [0.25, 0.3) is 0 Å². The van der Waals surface area contributed by atoms with Crippen molar-refractivity contribution < 1.29 is 4.79 Å². The van der Waals surface area contributed by atoms with Crippen molar-refractivity contribution in [3.8, 4) is 0 Å². The number of ketones is 1. The third kappa shape index (κ3) is 1.95. The minimum atomic E-state index is -0.534. The molecule has 0 saturated heterocycles. The summed E-state index contributed by atoms with van der Waals surface area (Å²) in [6, 6.07) is 0. The second kappa shape index (κ2) is 3.55. The Morgan fingerprint density at radius 2 is 2.31 bits per heavy atom. The van der Waals surface area contributed by atoms with Gasteiger partial charge in [-0.2, -0.15) is 0 Å². The van der Waals surface area contributed by atoms with Crippen LogP contribution in [0.15, 0.2) is 5.38 Å². The highest BCUT2D eigenvalue weighted by molar-refractivity contribution is 7.10. The van der Waals surface area contributed by atoms with E-state index in [1.165, 1.54) is 11.3 Å². The number of Topliss-reactive ketones (excluding diaryl/α,β-unsaturated/α-hetero) is 1. The van der Waals surface area contributed by atoms with E-state index in [0.29, 0.717) is 0 Å². The van der Waals surface area contributed by atoms with Crippen LogP contribution in [0.4, 0.5) is 0 Å². The van der Waals surface area contributed by atoms with Gasteiger partial charge in [0, 0.05) is 11.1 Å². The molecule has 0 saturated carbocycles. The zero-order chi connectivity index (χ0) is 10.1. The summed E-state index contributed by atoms with van der Waals surface area (Å²) in [5.74, 6) is 0.0295. The molecular weight excluding hydrogens is 184 g/mol. The second-order valence-corrected chi connectivity index (χ2v) is 4.40. The standard InChI is InChI=1S/C9H14N2OS/c1-6-5-13-8(11-6)9(2,3)7(12)4-10/h5H,4,10H2,1-3H3. The fourth-order valence-corrected chi connectivity index (χ4v) is 1.96.